The van der Waals surface area contributed by atoms with E-state index in [4.69, 9.17) is 20.2 Å². The highest BCUT2D eigenvalue weighted by atomic mass is 17.2. The Kier molecular flexibility index (Phi) is 4.59. The second kappa shape index (κ2) is 7.06. The SMILES string of the molecule is Nc1ncnc2c1ncn2[C@@H]1O[C@H](C(O)OOc2ccccc2)[C@@H](O)[C@H]1O. The third-order valence-corrected chi connectivity index (χ3v) is 4.20. The van der Waals surface area contributed by atoms with Crippen LogP contribution in [0.5, 0.6) is 5.75 Å². The molecule has 5 N–H and O–H groups in total. The van der Waals surface area contributed by atoms with Gasteiger partial charge in [-0.1, -0.05) is 18.2 Å². The molecule has 11 heteroatoms. The monoisotopic (exact) mass is 375 g/mol. The number of hydrogen-bond acceptors (Lipinski definition) is 10. The molecule has 3 aromatic rings. The van der Waals surface area contributed by atoms with E-state index in [1.54, 1.807) is 30.3 Å². The van der Waals surface area contributed by atoms with Gasteiger partial charge in [0.1, 0.15) is 30.2 Å². The van der Waals surface area contributed by atoms with Gasteiger partial charge in [-0.15, -0.1) is 0 Å². The number of nitrogen functional groups attached to an aromatic ring is 1. The van der Waals surface area contributed by atoms with Crippen LogP contribution in [-0.4, -0.2) is 59.4 Å². The maximum atomic E-state index is 10.4. The first-order chi connectivity index (χ1) is 13.1. The largest absolute Gasteiger partial charge is 0.387 e. The van der Waals surface area contributed by atoms with E-state index < -0.39 is 30.8 Å². The van der Waals surface area contributed by atoms with E-state index in [2.05, 4.69) is 15.0 Å². The molecule has 1 aliphatic heterocycles. The number of aliphatic hydroxyl groups excluding tert-OH is 3. The summed E-state index contributed by atoms with van der Waals surface area (Å²) in [5, 5.41) is 30.8. The van der Waals surface area contributed by atoms with Gasteiger partial charge in [-0.2, -0.15) is 4.89 Å². The zero-order valence-electron chi connectivity index (χ0n) is 13.9. The summed E-state index contributed by atoms with van der Waals surface area (Å²) in [5.74, 6) is 0.525. The molecule has 11 nitrogen and oxygen atoms in total. The van der Waals surface area contributed by atoms with E-state index in [1.165, 1.54) is 17.2 Å². The fourth-order valence-corrected chi connectivity index (χ4v) is 2.84. The summed E-state index contributed by atoms with van der Waals surface area (Å²) >= 11 is 0. The van der Waals surface area contributed by atoms with Gasteiger partial charge in [0, 0.05) is 0 Å². The molecule has 0 saturated carbocycles. The molecule has 3 heterocycles. The predicted molar refractivity (Wildman–Crippen MR) is 89.8 cm³/mol. The maximum Gasteiger partial charge on any atom is 0.229 e. The van der Waals surface area contributed by atoms with Gasteiger partial charge in [0.2, 0.25) is 6.29 Å². The molecule has 142 valence electrons. The molecule has 0 bridgehead atoms. The Bertz CT molecular complexity index is 922. The van der Waals surface area contributed by atoms with E-state index in [0.29, 0.717) is 16.9 Å². The number of ether oxygens (including phenoxy) is 1. The van der Waals surface area contributed by atoms with E-state index >= 15 is 0 Å². The molecule has 4 rings (SSSR count). The van der Waals surface area contributed by atoms with E-state index in [0.717, 1.165) is 0 Å². The molecule has 0 amide bonds. The Morgan fingerprint density at radius 1 is 1.11 bits per heavy atom. The molecule has 5 atom stereocenters. The molecule has 0 radical (unpaired) electrons. The number of hydrogen-bond donors (Lipinski definition) is 4. The predicted octanol–water partition coefficient (Wildman–Crippen LogP) is -0.643. The number of nitrogens with two attached hydrogens (primary N) is 1. The number of imidazole rings is 1. The first kappa shape index (κ1) is 17.6. The molecule has 1 aliphatic rings. The fourth-order valence-electron chi connectivity index (χ4n) is 2.84. The van der Waals surface area contributed by atoms with Gasteiger partial charge < -0.3 is 30.7 Å². The molecular weight excluding hydrogens is 358 g/mol. The van der Waals surface area contributed by atoms with Gasteiger partial charge in [0.05, 0.1) is 6.33 Å². The van der Waals surface area contributed by atoms with Crippen molar-refractivity contribution in [1.82, 2.24) is 19.5 Å². The topological polar surface area (TPSA) is 158 Å². The number of anilines is 1. The van der Waals surface area contributed by atoms with Gasteiger partial charge in [0.15, 0.2) is 23.4 Å². The quantitative estimate of drug-likeness (QED) is 0.257. The minimum atomic E-state index is -1.66. The second-order valence-corrected chi connectivity index (χ2v) is 5.94. The Labute approximate surface area is 152 Å². The van der Waals surface area contributed by atoms with Crippen molar-refractivity contribution in [2.24, 2.45) is 0 Å². The fraction of sp³-hybridized carbons (Fsp3) is 0.312. The van der Waals surface area contributed by atoms with Crippen molar-refractivity contribution in [3.05, 3.63) is 43.0 Å². The first-order valence-corrected chi connectivity index (χ1v) is 8.07. The lowest BCUT2D eigenvalue weighted by Gasteiger charge is -2.20. The zero-order chi connectivity index (χ0) is 19.0. The van der Waals surface area contributed by atoms with E-state index in [-0.39, 0.29) is 5.82 Å². The molecule has 1 aromatic carbocycles. The van der Waals surface area contributed by atoms with Crippen molar-refractivity contribution in [3.8, 4) is 5.75 Å². The average molecular weight is 375 g/mol. The number of para-hydroxylation sites is 1. The summed E-state index contributed by atoms with van der Waals surface area (Å²) in [7, 11) is 0. The van der Waals surface area contributed by atoms with E-state index in [1.807, 2.05) is 0 Å². The normalized spacial score (nSPS) is 26.3. The van der Waals surface area contributed by atoms with Crippen molar-refractivity contribution in [1.29, 1.82) is 0 Å². The van der Waals surface area contributed by atoms with Crippen molar-refractivity contribution < 1.29 is 29.8 Å². The molecule has 1 fully saturated rings. The molecule has 0 spiro atoms. The van der Waals surface area contributed by atoms with Gasteiger partial charge in [-0.3, -0.25) is 4.57 Å². The summed E-state index contributed by atoms with van der Waals surface area (Å²) in [6.07, 6.45) is -4.22. The van der Waals surface area contributed by atoms with Crippen LogP contribution in [0.2, 0.25) is 0 Å². The summed E-state index contributed by atoms with van der Waals surface area (Å²) in [5.41, 5.74) is 6.39. The van der Waals surface area contributed by atoms with Gasteiger partial charge in [-0.25, -0.2) is 15.0 Å². The second-order valence-electron chi connectivity index (χ2n) is 5.94. The molecule has 27 heavy (non-hydrogen) atoms. The van der Waals surface area contributed by atoms with Crippen molar-refractivity contribution in [3.63, 3.8) is 0 Å². The molecule has 1 saturated heterocycles. The zero-order valence-corrected chi connectivity index (χ0v) is 13.9. The highest BCUT2D eigenvalue weighted by Gasteiger charge is 2.48. The molecular formula is C16H17N5O6. The lowest BCUT2D eigenvalue weighted by atomic mass is 10.1. The third-order valence-electron chi connectivity index (χ3n) is 4.20. The summed E-state index contributed by atoms with van der Waals surface area (Å²) in [4.78, 5) is 21.9. The van der Waals surface area contributed by atoms with Gasteiger partial charge in [0.25, 0.3) is 0 Å². The smallest absolute Gasteiger partial charge is 0.229 e. The number of nitrogens with zero attached hydrogens (tertiary/aromatic N) is 4. The van der Waals surface area contributed by atoms with Crippen LogP contribution in [0.25, 0.3) is 11.2 Å². The molecule has 0 aliphatic carbocycles. The van der Waals surface area contributed by atoms with Crippen LogP contribution in [0, 0.1) is 0 Å². The number of fused-ring (bicyclic) bond motifs is 1. The van der Waals surface area contributed by atoms with Gasteiger partial charge in [-0.05, 0) is 12.1 Å². The van der Waals surface area contributed by atoms with E-state index in [9.17, 15) is 15.3 Å². The van der Waals surface area contributed by atoms with Gasteiger partial charge >= 0.3 is 0 Å². The van der Waals surface area contributed by atoms with Crippen molar-refractivity contribution >= 4 is 17.0 Å². The number of benzene rings is 1. The van der Waals surface area contributed by atoms with Crippen LogP contribution in [0.1, 0.15) is 6.23 Å². The Balaban J connectivity index is 1.51. The van der Waals surface area contributed by atoms with Crippen LogP contribution in [0.3, 0.4) is 0 Å². The van der Waals surface area contributed by atoms with Crippen LogP contribution < -0.4 is 10.6 Å². The highest BCUT2D eigenvalue weighted by Crippen LogP contribution is 2.33. The first-order valence-electron chi connectivity index (χ1n) is 8.07. The van der Waals surface area contributed by atoms with Crippen molar-refractivity contribution in [2.75, 3.05) is 5.73 Å². The van der Waals surface area contributed by atoms with Crippen LogP contribution in [0.15, 0.2) is 43.0 Å². The third kappa shape index (κ3) is 3.18. The van der Waals surface area contributed by atoms with Crippen LogP contribution in [0.4, 0.5) is 5.82 Å². The Hall–Kier alpha value is -2.83. The summed E-state index contributed by atoms with van der Waals surface area (Å²) < 4.78 is 6.99. The summed E-state index contributed by atoms with van der Waals surface area (Å²) in [6, 6.07) is 8.49. The average Bonchev–Trinajstić information content (AvgIpc) is 3.23. The Morgan fingerprint density at radius 3 is 2.67 bits per heavy atom. The molecule has 1 unspecified atom stereocenters. The maximum absolute atomic E-state index is 10.4. The highest BCUT2D eigenvalue weighted by molar-refractivity contribution is 5.81. The van der Waals surface area contributed by atoms with Crippen LogP contribution >= 0.6 is 0 Å². The van der Waals surface area contributed by atoms with Crippen LogP contribution in [-0.2, 0) is 9.62 Å². The lowest BCUT2D eigenvalue weighted by Crippen LogP contribution is -2.40. The standard InChI is InChI=1S/C16H17N5O6/c17-13-9-14(19-6-18-13)21(7-20-9)15-11(23)10(22)12(25-15)16(24)27-26-8-4-2-1-3-5-8/h1-7,10-12,15-16,22-24H,(H2,17,18,19)/t10-,11+,12-,15+,16?/m0/s1. The minimum Gasteiger partial charge on any atom is -0.387 e. The summed E-state index contributed by atoms with van der Waals surface area (Å²) in [6.45, 7) is 0. The Morgan fingerprint density at radius 2 is 1.89 bits per heavy atom. The minimum absolute atomic E-state index is 0.169. The molecule has 2 aromatic heterocycles. The number of aliphatic hydroxyl groups is 3. The number of aromatic nitrogens is 4. The van der Waals surface area contributed by atoms with Crippen molar-refractivity contribution in [2.45, 2.75) is 30.8 Å². The lowest BCUT2D eigenvalue weighted by molar-refractivity contribution is -0.337. The number of rotatable bonds is 5.